The predicted molar refractivity (Wildman–Crippen MR) is 108 cm³/mol. The van der Waals surface area contributed by atoms with Crippen LogP contribution in [0, 0.1) is 6.92 Å². The minimum absolute atomic E-state index is 0.645. The minimum Gasteiger partial charge on any atom is -0.457 e. The van der Waals surface area contributed by atoms with Gasteiger partial charge in [-0.25, -0.2) is 4.67 Å². The van der Waals surface area contributed by atoms with Gasteiger partial charge in [-0.15, -0.1) is 4.91 Å². The molecule has 7 heteroatoms. The summed E-state index contributed by atoms with van der Waals surface area (Å²) in [7, 11) is 7.39. The fourth-order valence-electron chi connectivity index (χ4n) is 3.10. The summed E-state index contributed by atoms with van der Waals surface area (Å²) in [5.41, 5.74) is 2.22. The summed E-state index contributed by atoms with van der Waals surface area (Å²) in [6, 6.07) is 15.8. The molecule has 6 nitrogen and oxygen atoms in total. The van der Waals surface area contributed by atoms with Gasteiger partial charge in [0.1, 0.15) is 11.5 Å². The Labute approximate surface area is 156 Å². The van der Waals surface area contributed by atoms with E-state index < -0.39 is 7.51 Å². The highest BCUT2D eigenvalue weighted by Gasteiger charge is 2.31. The van der Waals surface area contributed by atoms with Crippen molar-refractivity contribution >= 4 is 7.51 Å². The smallest absolute Gasteiger partial charge is 0.197 e. The van der Waals surface area contributed by atoms with Gasteiger partial charge in [-0.1, -0.05) is 30.3 Å². The average Bonchev–Trinajstić information content (AvgIpc) is 2.60. The van der Waals surface area contributed by atoms with Crippen LogP contribution >= 0.6 is 7.51 Å². The van der Waals surface area contributed by atoms with Crippen LogP contribution in [-0.4, -0.2) is 54.5 Å². The van der Waals surface area contributed by atoms with Gasteiger partial charge in [-0.05, 0) is 71.5 Å². The first kappa shape index (κ1) is 20.6. The summed E-state index contributed by atoms with van der Waals surface area (Å²) < 4.78 is 12.1. The van der Waals surface area contributed by atoms with Crippen LogP contribution in [0.5, 0.6) is 11.5 Å². The minimum atomic E-state index is -2.34. The van der Waals surface area contributed by atoms with Gasteiger partial charge in [0.25, 0.3) is 0 Å². The van der Waals surface area contributed by atoms with Crippen molar-refractivity contribution < 1.29 is 9.94 Å². The second kappa shape index (κ2) is 8.80. The van der Waals surface area contributed by atoms with Crippen molar-refractivity contribution in [3.63, 3.8) is 0 Å². The second-order valence-electron chi connectivity index (χ2n) is 6.59. The van der Waals surface area contributed by atoms with E-state index in [1.807, 2.05) is 87.0 Å². The molecular weight excluding hydrogens is 347 g/mol. The molecule has 0 aromatic heterocycles. The van der Waals surface area contributed by atoms with Crippen LogP contribution in [0.2, 0.25) is 0 Å². The standard InChI is InChI=1S/C19H29N4O2P/c1-16-17(15-23(6)26(20-24,21(2)3)22(4)5)11-10-14-19(16)25-18-12-8-7-9-13-18/h7-14,24H,15H2,1-6H3. The third kappa shape index (κ3) is 4.17. The quantitative estimate of drug-likeness (QED) is 0.562. The molecule has 1 N–H and O–H groups in total. The van der Waals surface area contributed by atoms with Crippen LogP contribution in [0.1, 0.15) is 11.1 Å². The zero-order valence-electron chi connectivity index (χ0n) is 16.4. The van der Waals surface area contributed by atoms with E-state index in [-0.39, 0.29) is 0 Å². The van der Waals surface area contributed by atoms with Crippen molar-refractivity contribution in [2.24, 2.45) is 4.91 Å². The third-order valence-electron chi connectivity index (χ3n) is 4.42. The van der Waals surface area contributed by atoms with Crippen LogP contribution in [0.25, 0.3) is 0 Å². The Bertz CT molecular complexity index is 766. The molecule has 2 aromatic carbocycles. The van der Waals surface area contributed by atoms with Gasteiger partial charge in [-0.2, -0.15) is 0 Å². The first-order valence-electron chi connectivity index (χ1n) is 8.47. The van der Waals surface area contributed by atoms with E-state index in [0.717, 1.165) is 22.6 Å². The lowest BCUT2D eigenvalue weighted by atomic mass is 10.1. The molecule has 0 aliphatic carbocycles. The first-order valence-corrected chi connectivity index (χ1v) is 10.1. The average molecular weight is 376 g/mol. The van der Waals surface area contributed by atoms with Crippen molar-refractivity contribution in [2.45, 2.75) is 13.5 Å². The van der Waals surface area contributed by atoms with Crippen LogP contribution in [0.15, 0.2) is 53.4 Å². The zero-order valence-corrected chi connectivity index (χ0v) is 17.3. The predicted octanol–water partition coefficient (Wildman–Crippen LogP) is 4.68. The Morgan fingerprint density at radius 3 is 2.08 bits per heavy atom. The van der Waals surface area contributed by atoms with Gasteiger partial charge in [0.2, 0.25) is 0 Å². The Hall–Kier alpha value is -1.69. The maximum atomic E-state index is 9.81. The van der Waals surface area contributed by atoms with Crippen molar-refractivity contribution in [3.8, 4) is 11.5 Å². The Morgan fingerprint density at radius 1 is 0.923 bits per heavy atom. The zero-order chi connectivity index (χ0) is 19.3. The monoisotopic (exact) mass is 376 g/mol. The van der Waals surface area contributed by atoms with Gasteiger partial charge < -0.3 is 4.74 Å². The van der Waals surface area contributed by atoms with Crippen molar-refractivity contribution in [1.29, 1.82) is 0 Å². The number of para-hydroxylation sites is 1. The molecule has 0 amide bonds. The molecule has 0 saturated carbocycles. The largest absolute Gasteiger partial charge is 0.457 e. The molecule has 0 fully saturated rings. The van der Waals surface area contributed by atoms with Gasteiger partial charge in [0.05, 0.1) is 0 Å². The van der Waals surface area contributed by atoms with E-state index in [4.69, 9.17) is 4.74 Å². The summed E-state index contributed by atoms with van der Waals surface area (Å²) in [5, 5.41) is 9.81. The van der Waals surface area contributed by atoms with E-state index >= 15 is 0 Å². The summed E-state index contributed by atoms with van der Waals surface area (Å²) in [4.78, 5) is 3.79. The number of ether oxygens (including phenoxy) is 1. The van der Waals surface area contributed by atoms with E-state index in [0.29, 0.717) is 6.54 Å². The first-order chi connectivity index (χ1) is 12.3. The second-order valence-corrected chi connectivity index (χ2v) is 10.1. The highest BCUT2D eigenvalue weighted by molar-refractivity contribution is 7.58. The molecule has 0 saturated heterocycles. The van der Waals surface area contributed by atoms with E-state index in [1.165, 1.54) is 0 Å². The Kier molecular flexibility index (Phi) is 6.98. The molecular formula is C19H29N4O2P. The lowest BCUT2D eigenvalue weighted by Crippen LogP contribution is -2.32. The normalized spacial score (nSPS) is 12.1. The Balaban J connectivity index is 2.31. The fourth-order valence-corrected chi connectivity index (χ4v) is 5.83. The van der Waals surface area contributed by atoms with Crippen LogP contribution in [0.3, 0.4) is 0 Å². The molecule has 0 radical (unpaired) electrons. The van der Waals surface area contributed by atoms with Crippen LogP contribution in [-0.2, 0) is 6.54 Å². The lowest BCUT2D eigenvalue weighted by molar-refractivity contribution is 0.298. The number of hydrogen-bond donors (Lipinski definition) is 1. The third-order valence-corrected chi connectivity index (χ3v) is 7.86. The van der Waals surface area contributed by atoms with E-state index in [9.17, 15) is 5.21 Å². The highest BCUT2D eigenvalue weighted by atomic mass is 31.2. The molecule has 0 aliphatic heterocycles. The molecule has 2 rings (SSSR count). The number of hydrogen-bond acceptors (Lipinski definition) is 2. The molecule has 0 unspecified atom stereocenters. The SMILES string of the molecule is Cc1c(CN(C)P(=NO)(N(C)C)N(C)C)cccc1Oc1ccccc1. The summed E-state index contributed by atoms with van der Waals surface area (Å²) in [5.74, 6) is 1.65. The molecule has 0 spiro atoms. The summed E-state index contributed by atoms with van der Waals surface area (Å²) in [6.07, 6.45) is 0. The number of nitrogens with zero attached hydrogens (tertiary/aromatic N) is 4. The summed E-state index contributed by atoms with van der Waals surface area (Å²) in [6.45, 7) is 2.70. The van der Waals surface area contributed by atoms with Crippen molar-refractivity contribution in [3.05, 3.63) is 59.7 Å². The molecule has 26 heavy (non-hydrogen) atoms. The van der Waals surface area contributed by atoms with Gasteiger partial charge >= 0.3 is 0 Å². The number of benzene rings is 2. The molecule has 142 valence electrons. The van der Waals surface area contributed by atoms with Gasteiger partial charge in [-0.3, -0.25) is 14.5 Å². The Morgan fingerprint density at radius 2 is 1.54 bits per heavy atom. The van der Waals surface area contributed by atoms with Crippen molar-refractivity contribution in [1.82, 2.24) is 14.0 Å². The maximum Gasteiger partial charge on any atom is 0.197 e. The van der Waals surface area contributed by atoms with Crippen LogP contribution < -0.4 is 4.74 Å². The highest BCUT2D eigenvalue weighted by Crippen LogP contribution is 2.55. The topological polar surface area (TPSA) is 51.5 Å². The molecule has 2 aromatic rings. The molecule has 0 atom stereocenters. The van der Waals surface area contributed by atoms with Crippen LogP contribution in [0.4, 0.5) is 0 Å². The van der Waals surface area contributed by atoms with Gasteiger partial charge in [0, 0.05) is 6.54 Å². The molecule has 0 heterocycles. The van der Waals surface area contributed by atoms with E-state index in [1.54, 1.807) is 0 Å². The molecule has 0 bridgehead atoms. The van der Waals surface area contributed by atoms with Gasteiger partial charge in [0.15, 0.2) is 7.51 Å². The number of rotatable bonds is 7. The van der Waals surface area contributed by atoms with Crippen molar-refractivity contribution in [2.75, 3.05) is 35.2 Å². The fraction of sp³-hybridized carbons (Fsp3) is 0.368. The lowest BCUT2D eigenvalue weighted by Gasteiger charge is -2.41. The molecule has 0 aliphatic rings. The van der Waals surface area contributed by atoms with E-state index in [2.05, 4.69) is 22.6 Å². The summed E-state index contributed by atoms with van der Waals surface area (Å²) >= 11 is 0. The maximum absolute atomic E-state index is 9.81.